The van der Waals surface area contributed by atoms with Crippen molar-refractivity contribution in [2.24, 2.45) is 0 Å². The van der Waals surface area contributed by atoms with Gasteiger partial charge in [-0.3, -0.25) is 28.4 Å². The summed E-state index contributed by atoms with van der Waals surface area (Å²) in [5, 5.41) is 13.1. The van der Waals surface area contributed by atoms with Gasteiger partial charge in [-0.2, -0.15) is 5.10 Å². The molecule has 1 amide bonds. The maximum atomic E-state index is 14.0. The number of carbonyl (C=O) groups is 1. The molecule has 0 unspecified atom stereocenters. The molecular weight excluding hydrogens is 727 g/mol. The van der Waals surface area contributed by atoms with E-state index < -0.39 is 36.6 Å². The molecule has 0 aliphatic heterocycles. The first-order valence-corrected chi connectivity index (χ1v) is 18.8. The molecule has 0 fully saturated rings. The van der Waals surface area contributed by atoms with Crippen molar-refractivity contribution in [1.29, 1.82) is 0 Å². The van der Waals surface area contributed by atoms with Crippen molar-refractivity contribution in [1.82, 2.24) is 25.1 Å². The highest BCUT2D eigenvalue weighted by atomic mass is 31.2. The van der Waals surface area contributed by atoms with Gasteiger partial charge in [0.25, 0.3) is 0 Å². The molecule has 15 nitrogen and oxygen atoms in total. The number of phosphoric acid groups is 1. The van der Waals surface area contributed by atoms with E-state index in [0.29, 0.717) is 79.0 Å². The topological polar surface area (TPSA) is 171 Å². The molecule has 0 spiro atoms. The van der Waals surface area contributed by atoms with Crippen LogP contribution in [0.1, 0.15) is 53.7 Å². The molecule has 0 saturated carbocycles. The highest BCUT2D eigenvalue weighted by Crippen LogP contribution is 2.55. The lowest BCUT2D eigenvalue weighted by Gasteiger charge is -2.31. The minimum atomic E-state index is -3.84. The van der Waals surface area contributed by atoms with Crippen LogP contribution in [0.2, 0.25) is 0 Å². The maximum Gasteiger partial charge on any atom is 0.475 e. The van der Waals surface area contributed by atoms with Crippen molar-refractivity contribution >= 4 is 42.0 Å². The normalized spacial score (nSPS) is 12.4. The summed E-state index contributed by atoms with van der Waals surface area (Å²) in [6.07, 6.45) is 1.87. The van der Waals surface area contributed by atoms with Crippen molar-refractivity contribution in [3.05, 3.63) is 60.1 Å². The standard InChI is InChI=1S/C36H50F2N7O8P/c1-35(2,3)52-54(47,53-36(4,5)6)51-18-15-45(14-17-48-7)13-10-16-50-30-22-28-25(21-29(30)49-8)34(40-23-39-28)42-31-19-24(43-44-31)20-32(46)41-27-12-9-11-26(37)33(27)38/h9,11-12,19,21-23H,10,13-18,20H2,1-8H3,(H,41,46)(H2,39,40,42,43,44). The van der Waals surface area contributed by atoms with Crippen LogP contribution in [0, 0.1) is 11.6 Å². The lowest BCUT2D eigenvalue weighted by Crippen LogP contribution is -2.33. The average Bonchev–Trinajstić information content (AvgIpc) is 3.51. The molecule has 296 valence electrons. The van der Waals surface area contributed by atoms with E-state index in [-0.39, 0.29) is 18.7 Å². The van der Waals surface area contributed by atoms with E-state index in [1.807, 2.05) is 0 Å². The van der Waals surface area contributed by atoms with Crippen molar-refractivity contribution in [2.45, 2.75) is 65.6 Å². The highest BCUT2D eigenvalue weighted by molar-refractivity contribution is 7.48. The second-order valence-corrected chi connectivity index (χ2v) is 15.7. The number of halogens is 2. The Labute approximate surface area is 314 Å². The molecule has 18 heteroatoms. The Morgan fingerprint density at radius 2 is 1.65 bits per heavy atom. The number of benzene rings is 2. The van der Waals surface area contributed by atoms with E-state index in [1.54, 1.807) is 66.9 Å². The van der Waals surface area contributed by atoms with E-state index >= 15 is 0 Å². The van der Waals surface area contributed by atoms with E-state index in [0.717, 1.165) is 6.07 Å². The predicted molar refractivity (Wildman–Crippen MR) is 200 cm³/mol. The maximum absolute atomic E-state index is 14.0. The lowest BCUT2D eigenvalue weighted by atomic mass is 10.2. The van der Waals surface area contributed by atoms with Crippen molar-refractivity contribution < 1.29 is 45.9 Å². The van der Waals surface area contributed by atoms with Gasteiger partial charge < -0.3 is 24.8 Å². The van der Waals surface area contributed by atoms with Crippen LogP contribution >= 0.6 is 7.82 Å². The van der Waals surface area contributed by atoms with Crippen LogP contribution in [0.15, 0.2) is 42.7 Å². The van der Waals surface area contributed by atoms with Gasteiger partial charge in [-0.05, 0) is 66.2 Å². The van der Waals surface area contributed by atoms with Crippen molar-refractivity contribution in [2.75, 3.05) is 64.3 Å². The van der Waals surface area contributed by atoms with Gasteiger partial charge in [-0.15, -0.1) is 0 Å². The second-order valence-electron chi connectivity index (χ2n) is 14.2. The first kappa shape index (κ1) is 42.5. The number of ether oxygens (including phenoxy) is 3. The number of H-pyrrole nitrogens is 1. The number of phosphoric ester groups is 1. The average molecular weight is 778 g/mol. The zero-order valence-corrected chi connectivity index (χ0v) is 32.9. The molecule has 2 aromatic carbocycles. The number of methoxy groups -OCH3 is 2. The number of carbonyl (C=O) groups excluding carboxylic acids is 1. The van der Waals surface area contributed by atoms with Gasteiger partial charge in [-0.25, -0.2) is 23.3 Å². The van der Waals surface area contributed by atoms with Gasteiger partial charge >= 0.3 is 7.82 Å². The molecule has 0 aliphatic rings. The Balaban J connectivity index is 1.35. The van der Waals surface area contributed by atoms with Crippen LogP contribution in [0.25, 0.3) is 10.9 Å². The number of anilines is 3. The van der Waals surface area contributed by atoms with Gasteiger partial charge in [0.15, 0.2) is 29.0 Å². The van der Waals surface area contributed by atoms with Gasteiger partial charge in [0.2, 0.25) is 5.91 Å². The molecule has 3 N–H and O–H groups in total. The zero-order chi connectivity index (χ0) is 39.5. The predicted octanol–water partition coefficient (Wildman–Crippen LogP) is 7.04. The third-order valence-electron chi connectivity index (χ3n) is 7.29. The van der Waals surface area contributed by atoms with Crippen LogP contribution in [0.5, 0.6) is 11.5 Å². The summed E-state index contributed by atoms with van der Waals surface area (Å²) < 4.78 is 75.2. The SMILES string of the molecule is COCCN(CCCOc1cc2ncnc(Nc3cc(CC(=O)Nc4cccc(F)c4F)[nH]n3)c2cc1OC)CCOP(=O)(OC(C)(C)C)OC(C)(C)C. The monoisotopic (exact) mass is 777 g/mol. The van der Waals surface area contributed by atoms with Crippen LogP contribution in [-0.2, 0) is 34.1 Å². The zero-order valence-electron chi connectivity index (χ0n) is 32.0. The first-order chi connectivity index (χ1) is 25.5. The fourth-order valence-corrected chi connectivity index (χ4v) is 6.88. The third-order valence-corrected chi connectivity index (χ3v) is 9.33. The number of hydrogen-bond donors (Lipinski definition) is 3. The van der Waals surface area contributed by atoms with E-state index in [9.17, 15) is 18.1 Å². The van der Waals surface area contributed by atoms with Crippen LogP contribution < -0.4 is 20.1 Å². The Morgan fingerprint density at radius 3 is 2.33 bits per heavy atom. The Bertz CT molecular complexity index is 1880. The highest BCUT2D eigenvalue weighted by Gasteiger charge is 2.37. The molecule has 4 rings (SSSR count). The van der Waals surface area contributed by atoms with Crippen LogP contribution in [-0.4, -0.2) is 95.8 Å². The summed E-state index contributed by atoms with van der Waals surface area (Å²) in [5.74, 6) is -1.01. The van der Waals surface area contributed by atoms with E-state index in [4.69, 9.17) is 27.8 Å². The molecule has 0 atom stereocenters. The van der Waals surface area contributed by atoms with Crippen molar-refractivity contribution in [3.63, 3.8) is 0 Å². The molecule has 0 bridgehead atoms. The summed E-state index contributed by atoms with van der Waals surface area (Å²) in [6.45, 7) is 13.4. The molecule has 0 saturated heterocycles. The van der Waals surface area contributed by atoms with Crippen LogP contribution in [0.4, 0.5) is 26.1 Å². The minimum Gasteiger partial charge on any atom is -0.493 e. The summed E-state index contributed by atoms with van der Waals surface area (Å²) >= 11 is 0. The van der Waals surface area contributed by atoms with Gasteiger partial charge in [0, 0.05) is 50.0 Å². The number of hydrogen-bond acceptors (Lipinski definition) is 13. The number of rotatable bonds is 20. The summed E-state index contributed by atoms with van der Waals surface area (Å²) in [4.78, 5) is 23.3. The van der Waals surface area contributed by atoms with E-state index in [2.05, 4.69) is 35.7 Å². The minimum absolute atomic E-state index is 0.120. The number of aromatic amines is 1. The Morgan fingerprint density at radius 1 is 0.926 bits per heavy atom. The number of aromatic nitrogens is 4. The smallest absolute Gasteiger partial charge is 0.475 e. The van der Waals surface area contributed by atoms with Crippen molar-refractivity contribution in [3.8, 4) is 11.5 Å². The number of fused-ring (bicyclic) bond motifs is 1. The first-order valence-electron chi connectivity index (χ1n) is 17.4. The molecule has 4 aromatic rings. The van der Waals surface area contributed by atoms with Gasteiger partial charge in [0.1, 0.15) is 12.1 Å². The third kappa shape index (κ3) is 13.2. The number of amides is 1. The number of nitrogens with one attached hydrogen (secondary N) is 3. The molecular formula is C36H50F2N7O8P. The molecule has 0 radical (unpaired) electrons. The quantitative estimate of drug-likeness (QED) is 0.0617. The number of nitrogens with zero attached hydrogens (tertiary/aromatic N) is 4. The molecule has 2 aromatic heterocycles. The Kier molecular flexibility index (Phi) is 14.8. The molecule has 0 aliphatic carbocycles. The molecule has 54 heavy (non-hydrogen) atoms. The fourth-order valence-electron chi connectivity index (χ4n) is 5.09. The van der Waals surface area contributed by atoms with Crippen LogP contribution in [0.3, 0.4) is 0 Å². The largest absolute Gasteiger partial charge is 0.493 e. The van der Waals surface area contributed by atoms with E-state index in [1.165, 1.54) is 25.6 Å². The molecule has 2 heterocycles. The second kappa shape index (κ2) is 18.9. The fraction of sp³-hybridized carbons (Fsp3) is 0.500. The summed E-state index contributed by atoms with van der Waals surface area (Å²) in [6, 6.07) is 8.65. The lowest BCUT2D eigenvalue weighted by molar-refractivity contribution is -0.115. The van der Waals surface area contributed by atoms with Gasteiger partial charge in [0.05, 0.1) is 55.8 Å². The summed E-state index contributed by atoms with van der Waals surface area (Å²) in [7, 11) is -0.676. The Hall–Kier alpha value is -4.25. The van der Waals surface area contributed by atoms with Gasteiger partial charge in [-0.1, -0.05) is 6.07 Å². The summed E-state index contributed by atoms with van der Waals surface area (Å²) in [5.41, 5.74) is -0.712.